The highest BCUT2D eigenvalue weighted by atomic mass is 35.5. The number of benzene rings is 1. The lowest BCUT2D eigenvalue weighted by molar-refractivity contribution is -0.116. The first-order valence-electron chi connectivity index (χ1n) is 5.64. The molecule has 1 aromatic rings. The molecule has 5 heteroatoms. The first-order chi connectivity index (χ1) is 8.16. The van der Waals surface area contributed by atoms with Crippen LogP contribution in [0.4, 0.5) is 5.69 Å². The van der Waals surface area contributed by atoms with Crippen LogP contribution in [0.1, 0.15) is 19.3 Å². The van der Waals surface area contributed by atoms with Crippen LogP contribution >= 0.6 is 23.2 Å². The first-order valence-corrected chi connectivity index (χ1v) is 6.39. The Bertz CT molecular complexity index is 397. The fourth-order valence-corrected chi connectivity index (χ4v) is 2.45. The van der Waals surface area contributed by atoms with E-state index in [0.717, 1.165) is 19.4 Å². The highest BCUT2D eigenvalue weighted by Crippen LogP contribution is 2.30. The Morgan fingerprint density at radius 1 is 1.41 bits per heavy atom. The lowest BCUT2D eigenvalue weighted by atomic mass is 10.1. The second-order valence-corrected chi connectivity index (χ2v) is 4.96. The standard InChI is InChI=1S/C12H14Cl2N2O/c13-9-4-1-5-10(14)12(9)16-11(17)7-8-3-2-6-15-8/h1,4-5,8,15H,2-3,6-7H2,(H,16,17). The molecule has 1 amide bonds. The van der Waals surface area contributed by atoms with Gasteiger partial charge in [-0.25, -0.2) is 0 Å². The van der Waals surface area contributed by atoms with Gasteiger partial charge in [-0.2, -0.15) is 0 Å². The Labute approximate surface area is 110 Å². The zero-order chi connectivity index (χ0) is 12.3. The number of para-hydroxylation sites is 1. The van der Waals surface area contributed by atoms with Crippen LogP contribution < -0.4 is 10.6 Å². The largest absolute Gasteiger partial charge is 0.323 e. The van der Waals surface area contributed by atoms with Gasteiger partial charge < -0.3 is 10.6 Å². The van der Waals surface area contributed by atoms with E-state index in [4.69, 9.17) is 23.2 Å². The van der Waals surface area contributed by atoms with Gasteiger partial charge in [-0.1, -0.05) is 29.3 Å². The van der Waals surface area contributed by atoms with Gasteiger partial charge in [-0.05, 0) is 31.5 Å². The zero-order valence-electron chi connectivity index (χ0n) is 9.30. The first kappa shape index (κ1) is 12.7. The highest BCUT2D eigenvalue weighted by Gasteiger charge is 2.18. The molecule has 1 aliphatic rings. The number of hydrogen-bond donors (Lipinski definition) is 2. The molecule has 2 N–H and O–H groups in total. The molecular formula is C12H14Cl2N2O. The third-order valence-electron chi connectivity index (χ3n) is 2.82. The van der Waals surface area contributed by atoms with Crippen LogP contribution in [0.3, 0.4) is 0 Å². The van der Waals surface area contributed by atoms with Crippen LogP contribution in [0, 0.1) is 0 Å². The van der Waals surface area contributed by atoms with E-state index in [1.807, 2.05) is 0 Å². The van der Waals surface area contributed by atoms with E-state index >= 15 is 0 Å². The number of nitrogens with one attached hydrogen (secondary N) is 2. The Morgan fingerprint density at radius 2 is 2.12 bits per heavy atom. The Hall–Kier alpha value is -0.770. The summed E-state index contributed by atoms with van der Waals surface area (Å²) < 4.78 is 0. The molecule has 2 rings (SSSR count). The molecule has 3 nitrogen and oxygen atoms in total. The number of halogens is 2. The lowest BCUT2D eigenvalue weighted by Gasteiger charge is -2.12. The van der Waals surface area contributed by atoms with Gasteiger partial charge >= 0.3 is 0 Å². The maximum absolute atomic E-state index is 11.8. The van der Waals surface area contributed by atoms with Crippen LogP contribution in [0.25, 0.3) is 0 Å². The number of anilines is 1. The molecule has 1 atom stereocenters. The van der Waals surface area contributed by atoms with Crippen molar-refractivity contribution in [2.24, 2.45) is 0 Å². The van der Waals surface area contributed by atoms with Crippen LogP contribution in [-0.2, 0) is 4.79 Å². The van der Waals surface area contributed by atoms with Crippen LogP contribution in [0.2, 0.25) is 10.0 Å². The third kappa shape index (κ3) is 3.35. The Kier molecular flexibility index (Phi) is 4.26. The molecule has 1 heterocycles. The summed E-state index contributed by atoms with van der Waals surface area (Å²) in [6.07, 6.45) is 2.63. The predicted octanol–water partition coefficient (Wildman–Crippen LogP) is 3.07. The van der Waals surface area contributed by atoms with Crippen LogP contribution in [-0.4, -0.2) is 18.5 Å². The maximum atomic E-state index is 11.8. The average Bonchev–Trinajstić information content (AvgIpc) is 2.76. The summed E-state index contributed by atoms with van der Waals surface area (Å²) in [6.45, 7) is 0.991. The average molecular weight is 273 g/mol. The molecule has 92 valence electrons. The summed E-state index contributed by atoms with van der Waals surface area (Å²) in [5.74, 6) is -0.0561. The minimum Gasteiger partial charge on any atom is -0.323 e. The molecule has 0 spiro atoms. The van der Waals surface area contributed by atoms with Crippen molar-refractivity contribution in [2.75, 3.05) is 11.9 Å². The van der Waals surface area contributed by atoms with Crippen molar-refractivity contribution in [3.05, 3.63) is 28.2 Å². The summed E-state index contributed by atoms with van der Waals surface area (Å²) in [4.78, 5) is 11.8. The normalized spacial score (nSPS) is 19.3. The quantitative estimate of drug-likeness (QED) is 0.888. The van der Waals surface area contributed by atoms with Crippen molar-refractivity contribution < 1.29 is 4.79 Å². The minimum atomic E-state index is -0.0561. The number of hydrogen-bond acceptors (Lipinski definition) is 2. The van der Waals surface area contributed by atoms with Crippen molar-refractivity contribution in [3.63, 3.8) is 0 Å². The van der Waals surface area contributed by atoms with Gasteiger partial charge in [0, 0.05) is 12.5 Å². The molecule has 0 bridgehead atoms. The Balaban J connectivity index is 1.97. The third-order valence-corrected chi connectivity index (χ3v) is 3.45. The summed E-state index contributed by atoms with van der Waals surface area (Å²) in [5, 5.41) is 6.96. The zero-order valence-corrected chi connectivity index (χ0v) is 10.8. The van der Waals surface area contributed by atoms with Gasteiger partial charge in [-0.15, -0.1) is 0 Å². The molecule has 0 radical (unpaired) electrons. The van der Waals surface area contributed by atoms with Gasteiger partial charge in [0.2, 0.25) is 5.91 Å². The van der Waals surface area contributed by atoms with Gasteiger partial charge in [0.1, 0.15) is 0 Å². The van der Waals surface area contributed by atoms with Crippen LogP contribution in [0.15, 0.2) is 18.2 Å². The van der Waals surface area contributed by atoms with E-state index in [1.54, 1.807) is 18.2 Å². The van der Waals surface area contributed by atoms with Crippen molar-refractivity contribution in [2.45, 2.75) is 25.3 Å². The summed E-state index contributed by atoms with van der Waals surface area (Å²) >= 11 is 12.0. The van der Waals surface area contributed by atoms with Crippen molar-refractivity contribution in [1.29, 1.82) is 0 Å². The molecule has 1 aliphatic heterocycles. The number of amides is 1. The van der Waals surface area contributed by atoms with E-state index in [1.165, 1.54) is 0 Å². The predicted molar refractivity (Wildman–Crippen MR) is 70.7 cm³/mol. The van der Waals surface area contributed by atoms with Gasteiger partial charge in [0.25, 0.3) is 0 Å². The molecule has 0 aromatic heterocycles. The molecule has 1 aromatic carbocycles. The van der Waals surface area contributed by atoms with Gasteiger partial charge in [-0.3, -0.25) is 4.79 Å². The summed E-state index contributed by atoms with van der Waals surface area (Å²) in [5.41, 5.74) is 0.499. The van der Waals surface area contributed by atoms with E-state index in [9.17, 15) is 4.79 Å². The van der Waals surface area contributed by atoms with E-state index in [-0.39, 0.29) is 11.9 Å². The monoisotopic (exact) mass is 272 g/mol. The maximum Gasteiger partial charge on any atom is 0.226 e. The van der Waals surface area contributed by atoms with Crippen molar-refractivity contribution in [3.8, 4) is 0 Å². The van der Waals surface area contributed by atoms with E-state index in [2.05, 4.69) is 10.6 Å². The van der Waals surface area contributed by atoms with Crippen LogP contribution in [0.5, 0.6) is 0 Å². The SMILES string of the molecule is O=C(CC1CCCN1)Nc1c(Cl)cccc1Cl. The summed E-state index contributed by atoms with van der Waals surface area (Å²) in [7, 11) is 0. The molecule has 1 saturated heterocycles. The second-order valence-electron chi connectivity index (χ2n) is 4.14. The fraction of sp³-hybridized carbons (Fsp3) is 0.417. The lowest BCUT2D eigenvalue weighted by Crippen LogP contribution is -2.27. The molecular weight excluding hydrogens is 259 g/mol. The number of rotatable bonds is 3. The molecule has 1 unspecified atom stereocenters. The molecule has 17 heavy (non-hydrogen) atoms. The second kappa shape index (κ2) is 5.71. The minimum absolute atomic E-state index is 0.0561. The fourth-order valence-electron chi connectivity index (χ4n) is 1.96. The molecule has 0 aliphatic carbocycles. The smallest absolute Gasteiger partial charge is 0.226 e. The topological polar surface area (TPSA) is 41.1 Å². The number of carbonyl (C=O) groups excluding carboxylic acids is 1. The van der Waals surface area contributed by atoms with Gasteiger partial charge in [0.15, 0.2) is 0 Å². The van der Waals surface area contributed by atoms with E-state index in [0.29, 0.717) is 22.2 Å². The number of carbonyl (C=O) groups is 1. The molecule has 1 fully saturated rings. The van der Waals surface area contributed by atoms with Crippen molar-refractivity contribution in [1.82, 2.24) is 5.32 Å². The Morgan fingerprint density at radius 3 is 2.71 bits per heavy atom. The van der Waals surface area contributed by atoms with Crippen molar-refractivity contribution >= 4 is 34.8 Å². The van der Waals surface area contributed by atoms with Gasteiger partial charge in [0.05, 0.1) is 15.7 Å². The summed E-state index contributed by atoms with van der Waals surface area (Å²) in [6, 6.07) is 5.43. The molecule has 0 saturated carbocycles. The highest BCUT2D eigenvalue weighted by molar-refractivity contribution is 6.39. The van der Waals surface area contributed by atoms with E-state index < -0.39 is 0 Å².